The Labute approximate surface area is 97.9 Å². The molecule has 5 heteroatoms. The maximum absolute atomic E-state index is 11.0. The highest BCUT2D eigenvalue weighted by Gasteiger charge is 2.17. The molecule has 0 aliphatic heterocycles. The van der Waals surface area contributed by atoms with Gasteiger partial charge in [-0.3, -0.25) is 10.1 Å². The summed E-state index contributed by atoms with van der Waals surface area (Å²) in [5.74, 6) is 0.359. The van der Waals surface area contributed by atoms with Crippen LogP contribution in [0.2, 0.25) is 0 Å². The van der Waals surface area contributed by atoms with Crippen molar-refractivity contribution in [2.24, 2.45) is 0 Å². The first-order valence-corrected chi connectivity index (χ1v) is 5.23. The van der Waals surface area contributed by atoms with Crippen molar-refractivity contribution < 1.29 is 9.66 Å². The lowest BCUT2D eigenvalue weighted by atomic mass is 10.1. The molecule has 2 rings (SSSR count). The summed E-state index contributed by atoms with van der Waals surface area (Å²) in [6, 6.07) is 8.34. The van der Waals surface area contributed by atoms with E-state index in [1.54, 1.807) is 31.2 Å². The van der Waals surface area contributed by atoms with Crippen LogP contribution in [0.3, 0.4) is 0 Å². The second-order valence-corrected chi connectivity index (χ2v) is 3.54. The first kappa shape index (κ1) is 11.2. The van der Waals surface area contributed by atoms with Gasteiger partial charge in [-0.2, -0.15) is 0 Å². The molecule has 0 amide bonds. The van der Waals surface area contributed by atoms with E-state index in [2.05, 4.69) is 0 Å². The van der Waals surface area contributed by atoms with E-state index in [9.17, 15) is 10.1 Å². The summed E-state index contributed by atoms with van der Waals surface area (Å²) >= 11 is 0. The van der Waals surface area contributed by atoms with Crippen LogP contribution in [-0.2, 0) is 0 Å². The summed E-state index contributed by atoms with van der Waals surface area (Å²) in [7, 11) is 0. The number of fused-ring (bicyclic) bond motifs is 1. The molecule has 0 saturated carbocycles. The zero-order chi connectivity index (χ0) is 12.4. The second-order valence-electron chi connectivity index (χ2n) is 3.54. The lowest BCUT2D eigenvalue weighted by Crippen LogP contribution is -2.00. The van der Waals surface area contributed by atoms with E-state index in [-0.39, 0.29) is 5.69 Å². The van der Waals surface area contributed by atoms with Crippen molar-refractivity contribution in [2.75, 3.05) is 12.3 Å². The number of rotatable bonds is 3. The minimum absolute atomic E-state index is 0.0123. The van der Waals surface area contributed by atoms with Crippen LogP contribution in [0.5, 0.6) is 5.75 Å². The van der Waals surface area contributed by atoms with Gasteiger partial charge in [0.1, 0.15) is 5.75 Å². The molecule has 17 heavy (non-hydrogen) atoms. The van der Waals surface area contributed by atoms with Gasteiger partial charge >= 0.3 is 0 Å². The first-order valence-electron chi connectivity index (χ1n) is 5.23. The SMILES string of the molecule is CCOc1cc([N+](=O)[O-])c2ccccc2c1N. The summed E-state index contributed by atoms with van der Waals surface area (Å²) in [4.78, 5) is 10.6. The van der Waals surface area contributed by atoms with E-state index in [4.69, 9.17) is 10.5 Å². The van der Waals surface area contributed by atoms with Crippen LogP contribution in [0.25, 0.3) is 10.8 Å². The average Bonchev–Trinajstić information content (AvgIpc) is 2.32. The van der Waals surface area contributed by atoms with Gasteiger partial charge in [0.15, 0.2) is 0 Å². The predicted molar refractivity (Wildman–Crippen MR) is 66.2 cm³/mol. The number of benzene rings is 2. The third-order valence-corrected chi connectivity index (χ3v) is 2.52. The quantitative estimate of drug-likeness (QED) is 0.501. The molecule has 2 aromatic rings. The van der Waals surface area contributed by atoms with E-state index in [1.165, 1.54) is 6.07 Å². The topological polar surface area (TPSA) is 78.4 Å². The fourth-order valence-corrected chi connectivity index (χ4v) is 1.78. The van der Waals surface area contributed by atoms with Crippen molar-refractivity contribution >= 4 is 22.1 Å². The molecule has 0 aromatic heterocycles. The third kappa shape index (κ3) is 1.87. The number of hydrogen-bond acceptors (Lipinski definition) is 4. The Kier molecular flexibility index (Phi) is 2.82. The van der Waals surface area contributed by atoms with Gasteiger partial charge in [0, 0.05) is 5.39 Å². The van der Waals surface area contributed by atoms with E-state index in [0.717, 1.165) is 0 Å². The summed E-state index contributed by atoms with van der Waals surface area (Å²) in [5.41, 5.74) is 6.38. The van der Waals surface area contributed by atoms with E-state index in [1.807, 2.05) is 0 Å². The highest BCUT2D eigenvalue weighted by atomic mass is 16.6. The molecule has 5 nitrogen and oxygen atoms in total. The number of nitrogens with two attached hydrogens (primary N) is 1. The zero-order valence-corrected chi connectivity index (χ0v) is 9.34. The van der Waals surface area contributed by atoms with Crippen LogP contribution in [-0.4, -0.2) is 11.5 Å². The lowest BCUT2D eigenvalue weighted by Gasteiger charge is -2.09. The Balaban J connectivity index is 2.79. The first-order chi connectivity index (χ1) is 8.15. The maximum Gasteiger partial charge on any atom is 0.281 e. The van der Waals surface area contributed by atoms with Crippen molar-refractivity contribution in [3.8, 4) is 5.75 Å². The minimum atomic E-state index is -0.426. The molecule has 0 aliphatic carbocycles. The fraction of sp³-hybridized carbons (Fsp3) is 0.167. The van der Waals surface area contributed by atoms with Crippen LogP contribution < -0.4 is 10.5 Å². The number of hydrogen-bond donors (Lipinski definition) is 1. The van der Waals surface area contributed by atoms with Gasteiger partial charge in [0.2, 0.25) is 0 Å². The van der Waals surface area contributed by atoms with E-state index >= 15 is 0 Å². The molecule has 0 heterocycles. The number of anilines is 1. The Morgan fingerprint density at radius 1 is 1.35 bits per heavy atom. The Bertz CT molecular complexity index is 581. The number of nitrogens with zero attached hydrogens (tertiary/aromatic N) is 1. The monoisotopic (exact) mass is 232 g/mol. The molecule has 0 unspecified atom stereocenters. The van der Waals surface area contributed by atoms with Gasteiger partial charge in [0.05, 0.1) is 28.7 Å². The maximum atomic E-state index is 11.0. The normalized spacial score (nSPS) is 10.4. The number of non-ortho nitro benzene ring substituents is 1. The summed E-state index contributed by atoms with van der Waals surface area (Å²) in [6.07, 6.45) is 0. The van der Waals surface area contributed by atoms with Crippen LogP contribution in [0.1, 0.15) is 6.92 Å². The fourth-order valence-electron chi connectivity index (χ4n) is 1.78. The molecule has 2 aromatic carbocycles. The summed E-state index contributed by atoms with van der Waals surface area (Å²) < 4.78 is 5.31. The number of nitro benzene ring substituents is 1. The number of ether oxygens (including phenoxy) is 1. The average molecular weight is 232 g/mol. The molecular formula is C12H12N2O3. The highest BCUT2D eigenvalue weighted by molar-refractivity contribution is 6.01. The molecule has 0 fully saturated rings. The zero-order valence-electron chi connectivity index (χ0n) is 9.34. The molecule has 0 aliphatic rings. The standard InChI is InChI=1S/C12H12N2O3/c1-2-17-11-7-10(14(15)16)8-5-3-4-6-9(8)12(11)13/h3-7H,2,13H2,1H3. The van der Waals surface area contributed by atoms with Crippen LogP contribution in [0.15, 0.2) is 30.3 Å². The van der Waals surface area contributed by atoms with Crippen molar-refractivity contribution in [1.82, 2.24) is 0 Å². The van der Waals surface area contributed by atoms with Gasteiger partial charge in [0.25, 0.3) is 5.69 Å². The third-order valence-electron chi connectivity index (χ3n) is 2.52. The van der Waals surface area contributed by atoms with Crippen LogP contribution in [0.4, 0.5) is 11.4 Å². The van der Waals surface area contributed by atoms with E-state index in [0.29, 0.717) is 28.8 Å². The summed E-state index contributed by atoms with van der Waals surface area (Å²) in [6.45, 7) is 2.22. The highest BCUT2D eigenvalue weighted by Crippen LogP contribution is 2.37. The largest absolute Gasteiger partial charge is 0.491 e. The van der Waals surface area contributed by atoms with Crippen molar-refractivity contribution in [3.05, 3.63) is 40.4 Å². The molecule has 88 valence electrons. The molecule has 0 bridgehead atoms. The van der Waals surface area contributed by atoms with Crippen LogP contribution >= 0.6 is 0 Å². The lowest BCUT2D eigenvalue weighted by molar-refractivity contribution is -0.383. The molecule has 0 spiro atoms. The summed E-state index contributed by atoms with van der Waals surface area (Å²) in [5, 5.41) is 12.2. The number of nitrogen functional groups attached to an aromatic ring is 1. The predicted octanol–water partition coefficient (Wildman–Crippen LogP) is 2.73. The molecular weight excluding hydrogens is 220 g/mol. The Hall–Kier alpha value is -2.30. The van der Waals surface area contributed by atoms with Crippen molar-refractivity contribution in [3.63, 3.8) is 0 Å². The van der Waals surface area contributed by atoms with Crippen LogP contribution in [0, 0.1) is 10.1 Å². The minimum Gasteiger partial charge on any atom is -0.491 e. The van der Waals surface area contributed by atoms with Gasteiger partial charge in [-0.05, 0) is 13.0 Å². The Morgan fingerprint density at radius 3 is 2.59 bits per heavy atom. The molecule has 0 radical (unpaired) electrons. The Morgan fingerprint density at radius 2 is 2.00 bits per heavy atom. The second kappa shape index (κ2) is 4.29. The number of nitro groups is 1. The van der Waals surface area contributed by atoms with Gasteiger partial charge < -0.3 is 10.5 Å². The van der Waals surface area contributed by atoms with Crippen molar-refractivity contribution in [1.29, 1.82) is 0 Å². The van der Waals surface area contributed by atoms with E-state index < -0.39 is 4.92 Å². The van der Waals surface area contributed by atoms with Gasteiger partial charge in [-0.1, -0.05) is 18.2 Å². The smallest absolute Gasteiger partial charge is 0.281 e. The van der Waals surface area contributed by atoms with Crippen molar-refractivity contribution in [2.45, 2.75) is 6.92 Å². The molecule has 2 N–H and O–H groups in total. The van der Waals surface area contributed by atoms with Gasteiger partial charge in [-0.25, -0.2) is 0 Å². The van der Waals surface area contributed by atoms with Gasteiger partial charge in [-0.15, -0.1) is 0 Å². The molecule has 0 saturated heterocycles. The molecule has 0 atom stereocenters.